The van der Waals surface area contributed by atoms with Crippen LogP contribution < -0.4 is 10.2 Å². The summed E-state index contributed by atoms with van der Waals surface area (Å²) in [7, 11) is 0. The fraction of sp³-hybridized carbons (Fsp3) is 0.522. The molecule has 1 amide bonds. The topological polar surface area (TPSA) is 58.1 Å². The Kier molecular flexibility index (Phi) is 5.60. The molecule has 0 unspecified atom stereocenters. The second kappa shape index (κ2) is 8.29. The molecule has 148 valence electrons. The van der Waals surface area contributed by atoms with Gasteiger partial charge in [0.1, 0.15) is 11.6 Å². The van der Waals surface area contributed by atoms with Crippen LogP contribution in [-0.4, -0.2) is 35.5 Å². The lowest BCUT2D eigenvalue weighted by molar-refractivity contribution is 0.0950. The summed E-state index contributed by atoms with van der Waals surface area (Å²) in [6, 6.07) is 8.26. The Balaban J connectivity index is 1.23. The normalized spacial score (nSPS) is 16.9. The number of aromatic nitrogens is 2. The van der Waals surface area contributed by atoms with Crippen molar-refractivity contribution in [3.05, 3.63) is 52.5 Å². The van der Waals surface area contributed by atoms with E-state index in [1.165, 1.54) is 17.5 Å². The minimum Gasteiger partial charge on any atom is -0.356 e. The molecule has 0 spiro atoms. The van der Waals surface area contributed by atoms with Crippen LogP contribution in [0.1, 0.15) is 58.7 Å². The van der Waals surface area contributed by atoms with Gasteiger partial charge in [0.15, 0.2) is 0 Å². The highest BCUT2D eigenvalue weighted by atomic mass is 16.1. The predicted octanol–water partition coefficient (Wildman–Crippen LogP) is 3.62. The zero-order valence-corrected chi connectivity index (χ0v) is 17.0. The van der Waals surface area contributed by atoms with Crippen molar-refractivity contribution >= 4 is 11.7 Å². The van der Waals surface area contributed by atoms with Gasteiger partial charge < -0.3 is 10.2 Å². The first-order chi connectivity index (χ1) is 13.6. The molecule has 0 atom stereocenters. The highest BCUT2D eigenvalue weighted by Crippen LogP contribution is 2.25. The van der Waals surface area contributed by atoms with Gasteiger partial charge in [0.05, 0.1) is 0 Å². The van der Waals surface area contributed by atoms with E-state index in [0.29, 0.717) is 5.92 Å². The van der Waals surface area contributed by atoms with Crippen LogP contribution in [0.25, 0.3) is 0 Å². The average Bonchev–Trinajstić information content (AvgIpc) is 3.15. The molecular formula is C23H30N4O. The Morgan fingerprint density at radius 2 is 1.89 bits per heavy atom. The second-order valence-corrected chi connectivity index (χ2v) is 8.23. The van der Waals surface area contributed by atoms with E-state index in [1.807, 2.05) is 19.9 Å². The van der Waals surface area contributed by atoms with E-state index in [4.69, 9.17) is 0 Å². The first-order valence-corrected chi connectivity index (χ1v) is 10.6. The van der Waals surface area contributed by atoms with Gasteiger partial charge in [-0.15, -0.1) is 0 Å². The number of nitrogens with one attached hydrogen (secondary N) is 1. The maximum absolute atomic E-state index is 12.5. The molecule has 5 nitrogen and oxygen atoms in total. The number of carbonyl (C=O) groups is 1. The lowest BCUT2D eigenvalue weighted by Crippen LogP contribution is -2.36. The third-order valence-electron chi connectivity index (χ3n) is 6.09. The van der Waals surface area contributed by atoms with E-state index in [2.05, 4.69) is 38.4 Å². The van der Waals surface area contributed by atoms with Gasteiger partial charge in [-0.25, -0.2) is 9.97 Å². The molecular weight excluding hydrogens is 348 g/mol. The number of aryl methyl sites for hydroxylation is 4. The van der Waals surface area contributed by atoms with Crippen molar-refractivity contribution in [2.45, 2.75) is 52.4 Å². The number of anilines is 1. The van der Waals surface area contributed by atoms with E-state index in [9.17, 15) is 4.79 Å². The van der Waals surface area contributed by atoms with Gasteiger partial charge >= 0.3 is 0 Å². The van der Waals surface area contributed by atoms with Gasteiger partial charge in [-0.05, 0) is 81.5 Å². The highest BCUT2D eigenvalue weighted by Gasteiger charge is 2.21. The number of hydrogen-bond donors (Lipinski definition) is 1. The molecule has 1 fully saturated rings. The van der Waals surface area contributed by atoms with Crippen molar-refractivity contribution in [2.75, 3.05) is 24.5 Å². The fourth-order valence-electron chi connectivity index (χ4n) is 4.52. The predicted molar refractivity (Wildman–Crippen MR) is 112 cm³/mol. The lowest BCUT2D eigenvalue weighted by Gasteiger charge is -2.33. The lowest BCUT2D eigenvalue weighted by atomic mass is 9.93. The smallest absolute Gasteiger partial charge is 0.251 e. The molecule has 1 aromatic heterocycles. The summed E-state index contributed by atoms with van der Waals surface area (Å²) in [5, 5.41) is 3.12. The molecule has 0 radical (unpaired) electrons. The third-order valence-corrected chi connectivity index (χ3v) is 6.09. The van der Waals surface area contributed by atoms with Gasteiger partial charge in [0, 0.05) is 37.0 Å². The fourth-order valence-corrected chi connectivity index (χ4v) is 4.52. The minimum absolute atomic E-state index is 0.0686. The van der Waals surface area contributed by atoms with Crippen LogP contribution >= 0.6 is 0 Å². The molecule has 0 saturated carbocycles. The summed E-state index contributed by atoms with van der Waals surface area (Å²) in [4.78, 5) is 23.8. The van der Waals surface area contributed by atoms with Crippen molar-refractivity contribution in [1.82, 2.24) is 15.3 Å². The number of hydrogen-bond acceptors (Lipinski definition) is 4. The van der Waals surface area contributed by atoms with Crippen molar-refractivity contribution in [3.63, 3.8) is 0 Å². The summed E-state index contributed by atoms with van der Waals surface area (Å²) >= 11 is 0. The summed E-state index contributed by atoms with van der Waals surface area (Å²) in [6.07, 6.45) is 6.83. The van der Waals surface area contributed by atoms with E-state index in [-0.39, 0.29) is 5.91 Å². The van der Waals surface area contributed by atoms with Crippen LogP contribution in [0.4, 0.5) is 5.82 Å². The molecule has 2 aromatic rings. The van der Waals surface area contributed by atoms with Gasteiger partial charge in [0.2, 0.25) is 0 Å². The van der Waals surface area contributed by atoms with Gasteiger partial charge in [-0.3, -0.25) is 4.79 Å². The molecule has 4 rings (SSSR count). The van der Waals surface area contributed by atoms with Crippen LogP contribution in [0.2, 0.25) is 0 Å². The Bertz CT molecular complexity index is 835. The minimum atomic E-state index is 0.0686. The molecule has 5 heteroatoms. The molecule has 1 N–H and O–H groups in total. The zero-order valence-electron chi connectivity index (χ0n) is 17.0. The van der Waals surface area contributed by atoms with E-state index in [1.54, 1.807) is 0 Å². The second-order valence-electron chi connectivity index (χ2n) is 8.23. The highest BCUT2D eigenvalue weighted by molar-refractivity contribution is 5.94. The standard InChI is InChI=1S/C23H30N4O/c1-16-14-22(26-17(2)25-16)27-12-9-18(10-13-27)8-11-24-23(28)21-7-6-19-4-3-5-20(19)15-21/h6-7,14-15,18H,3-5,8-13H2,1-2H3,(H,24,28). The first kappa shape index (κ1) is 18.9. The van der Waals surface area contributed by atoms with Crippen molar-refractivity contribution < 1.29 is 4.79 Å². The molecule has 1 aliphatic heterocycles. The molecule has 1 aliphatic carbocycles. The number of carbonyl (C=O) groups excluding carboxylic acids is 1. The summed E-state index contributed by atoms with van der Waals surface area (Å²) in [5.74, 6) is 2.62. The van der Waals surface area contributed by atoms with Gasteiger partial charge in [-0.2, -0.15) is 0 Å². The van der Waals surface area contributed by atoms with Crippen molar-refractivity contribution in [3.8, 4) is 0 Å². The SMILES string of the molecule is Cc1cc(N2CCC(CCNC(=O)c3ccc4c(c3)CCC4)CC2)nc(C)n1. The summed E-state index contributed by atoms with van der Waals surface area (Å²) in [5.41, 5.74) is 4.61. The average molecular weight is 379 g/mol. The van der Waals surface area contributed by atoms with Crippen molar-refractivity contribution in [2.24, 2.45) is 5.92 Å². The molecule has 2 aliphatic rings. The van der Waals surface area contributed by atoms with Crippen molar-refractivity contribution in [1.29, 1.82) is 0 Å². The zero-order chi connectivity index (χ0) is 19.5. The Morgan fingerprint density at radius 1 is 1.11 bits per heavy atom. The first-order valence-electron chi connectivity index (χ1n) is 10.6. The summed E-state index contributed by atoms with van der Waals surface area (Å²) < 4.78 is 0. The number of benzene rings is 1. The van der Waals surface area contributed by atoms with Gasteiger partial charge in [0.25, 0.3) is 5.91 Å². The Morgan fingerprint density at radius 3 is 2.68 bits per heavy atom. The molecule has 2 heterocycles. The maximum Gasteiger partial charge on any atom is 0.251 e. The van der Waals surface area contributed by atoms with Crippen LogP contribution in [0.3, 0.4) is 0 Å². The van der Waals surface area contributed by atoms with E-state index >= 15 is 0 Å². The number of amides is 1. The van der Waals surface area contributed by atoms with Crippen LogP contribution in [0.15, 0.2) is 24.3 Å². The van der Waals surface area contributed by atoms with Crippen LogP contribution in [-0.2, 0) is 12.8 Å². The maximum atomic E-state index is 12.5. The molecule has 1 aromatic carbocycles. The van der Waals surface area contributed by atoms with E-state index in [0.717, 1.165) is 74.6 Å². The van der Waals surface area contributed by atoms with E-state index < -0.39 is 0 Å². The number of piperidine rings is 1. The van der Waals surface area contributed by atoms with Crippen LogP contribution in [0.5, 0.6) is 0 Å². The Hall–Kier alpha value is -2.43. The third kappa shape index (κ3) is 4.34. The largest absolute Gasteiger partial charge is 0.356 e. The number of fused-ring (bicyclic) bond motifs is 1. The Labute approximate surface area is 167 Å². The van der Waals surface area contributed by atoms with Crippen LogP contribution in [0, 0.1) is 19.8 Å². The number of nitrogens with zero attached hydrogens (tertiary/aromatic N) is 3. The molecule has 28 heavy (non-hydrogen) atoms. The quantitative estimate of drug-likeness (QED) is 0.863. The number of rotatable bonds is 5. The van der Waals surface area contributed by atoms with Gasteiger partial charge in [-0.1, -0.05) is 6.07 Å². The monoisotopic (exact) mass is 378 g/mol. The molecule has 0 bridgehead atoms. The molecule has 1 saturated heterocycles. The summed E-state index contributed by atoms with van der Waals surface area (Å²) in [6.45, 7) is 6.78.